The van der Waals surface area contributed by atoms with Gasteiger partial charge in [0.05, 0.1) is 0 Å². The third kappa shape index (κ3) is 5.03. The molecular weight excluding hydrogens is 214 g/mol. The largest absolute Gasteiger partial charge is 0.304 e. The van der Waals surface area contributed by atoms with E-state index in [1.165, 1.54) is 4.31 Å². The maximum Gasteiger partial charge on any atom is 0.234 e. The fraction of sp³-hybridized carbons (Fsp3) is 1.00. The molecule has 1 N–H and O–H groups in total. The smallest absolute Gasteiger partial charge is 0.234 e. The molecule has 0 radical (unpaired) electrons. The van der Waals surface area contributed by atoms with Gasteiger partial charge < -0.3 is 9.80 Å². The zero-order valence-corrected chi connectivity index (χ0v) is 10.4. The first-order chi connectivity index (χ1) is 7.09. The molecule has 0 spiro atoms. The summed E-state index contributed by atoms with van der Waals surface area (Å²) < 4.78 is 20.9. The molecule has 0 saturated carbocycles. The molecule has 15 heavy (non-hydrogen) atoms. The summed E-state index contributed by atoms with van der Waals surface area (Å²) in [5.41, 5.74) is 0. The van der Waals surface area contributed by atoms with E-state index < -0.39 is 11.3 Å². The molecule has 1 aliphatic heterocycles. The van der Waals surface area contributed by atoms with Crippen LogP contribution < -0.4 is 0 Å². The van der Waals surface area contributed by atoms with E-state index in [2.05, 4.69) is 16.8 Å². The molecule has 0 amide bonds. The van der Waals surface area contributed by atoms with Gasteiger partial charge in [-0.1, -0.05) is 0 Å². The fourth-order valence-electron chi connectivity index (χ4n) is 1.67. The molecule has 1 heterocycles. The first-order valence-electron chi connectivity index (χ1n) is 5.32. The van der Waals surface area contributed by atoms with E-state index in [0.717, 1.165) is 39.1 Å². The van der Waals surface area contributed by atoms with Crippen LogP contribution in [-0.2, 0) is 11.3 Å². The average molecular weight is 235 g/mol. The molecule has 1 fully saturated rings. The Morgan fingerprint density at radius 3 is 2.47 bits per heavy atom. The summed E-state index contributed by atoms with van der Waals surface area (Å²) in [7, 11) is 3.81. The van der Waals surface area contributed by atoms with Gasteiger partial charge in [-0.2, -0.15) is 0 Å². The third-order valence-electron chi connectivity index (χ3n) is 2.81. The lowest BCUT2D eigenvalue weighted by Crippen LogP contribution is -2.45. The van der Waals surface area contributed by atoms with Crippen molar-refractivity contribution >= 4 is 11.3 Å². The predicted molar refractivity (Wildman–Crippen MR) is 62.0 cm³/mol. The summed E-state index contributed by atoms with van der Waals surface area (Å²) in [5, 5.41) is 0. The van der Waals surface area contributed by atoms with Crippen molar-refractivity contribution in [3.63, 3.8) is 0 Å². The van der Waals surface area contributed by atoms with Crippen LogP contribution in [0, 0.1) is 0 Å². The minimum absolute atomic E-state index is 0.676. The molecule has 1 rings (SSSR count). The Bertz CT molecular complexity index is 208. The Hall–Kier alpha value is -0.0100. The number of piperazine rings is 1. The molecule has 90 valence electrons. The number of rotatable bonds is 5. The van der Waals surface area contributed by atoms with Crippen molar-refractivity contribution in [2.24, 2.45) is 0 Å². The zero-order valence-electron chi connectivity index (χ0n) is 9.56. The molecule has 1 aliphatic rings. The summed E-state index contributed by atoms with van der Waals surface area (Å²) in [5.74, 6) is 0. The van der Waals surface area contributed by atoms with Crippen LogP contribution in [0.5, 0.6) is 0 Å². The third-order valence-corrected chi connectivity index (χ3v) is 3.53. The van der Waals surface area contributed by atoms with E-state index in [0.29, 0.717) is 6.54 Å². The summed E-state index contributed by atoms with van der Waals surface area (Å²) in [4.78, 5) is 4.74. The van der Waals surface area contributed by atoms with E-state index >= 15 is 0 Å². The summed E-state index contributed by atoms with van der Waals surface area (Å²) in [6.07, 6.45) is 0.951. The van der Waals surface area contributed by atoms with Gasteiger partial charge in [-0.3, -0.25) is 4.55 Å². The van der Waals surface area contributed by atoms with Gasteiger partial charge in [-0.15, -0.1) is 0 Å². The minimum atomic E-state index is -1.82. The first-order valence-corrected chi connectivity index (χ1v) is 6.39. The molecule has 0 aromatic carbocycles. The van der Waals surface area contributed by atoms with Gasteiger partial charge in [0, 0.05) is 39.8 Å². The summed E-state index contributed by atoms with van der Waals surface area (Å²) in [6, 6.07) is 0. The second-order valence-electron chi connectivity index (χ2n) is 4.08. The molecule has 1 saturated heterocycles. The van der Waals surface area contributed by atoms with E-state index in [9.17, 15) is 4.21 Å². The molecule has 0 aliphatic carbocycles. The highest BCUT2D eigenvalue weighted by Crippen LogP contribution is 2.00. The van der Waals surface area contributed by atoms with Crippen LogP contribution in [0.3, 0.4) is 0 Å². The lowest BCUT2D eigenvalue weighted by Gasteiger charge is -2.32. The van der Waals surface area contributed by atoms with Gasteiger partial charge in [-0.25, -0.2) is 8.51 Å². The van der Waals surface area contributed by atoms with Crippen molar-refractivity contribution < 1.29 is 8.76 Å². The highest BCUT2D eigenvalue weighted by molar-refractivity contribution is 7.76. The molecule has 5 nitrogen and oxygen atoms in total. The maximum atomic E-state index is 10.6. The Morgan fingerprint density at radius 2 is 1.93 bits per heavy atom. The molecule has 6 heteroatoms. The van der Waals surface area contributed by atoms with E-state index in [4.69, 9.17) is 4.55 Å². The molecule has 1 unspecified atom stereocenters. The number of nitrogens with zero attached hydrogens (tertiary/aromatic N) is 3. The monoisotopic (exact) mass is 235 g/mol. The lowest BCUT2D eigenvalue weighted by molar-refractivity contribution is 0.151. The summed E-state index contributed by atoms with van der Waals surface area (Å²) >= 11 is -1.82. The van der Waals surface area contributed by atoms with Crippen LogP contribution in [0.4, 0.5) is 0 Å². The van der Waals surface area contributed by atoms with Crippen LogP contribution >= 0.6 is 0 Å². The molecule has 0 aromatic heterocycles. The molecular formula is C9H21N3O2S. The van der Waals surface area contributed by atoms with Crippen LogP contribution in [0.1, 0.15) is 6.42 Å². The number of likely N-dealkylation sites (N-methyl/N-ethyl adjacent to an activating group) is 1. The molecule has 0 aromatic rings. The van der Waals surface area contributed by atoms with Crippen LogP contribution in [0.25, 0.3) is 0 Å². The summed E-state index contributed by atoms with van der Waals surface area (Å²) in [6.45, 7) is 6.18. The standard InChI is InChI=1S/C9H21N3O2S/c1-10-6-8-12(9-7-10)5-3-4-11(2)15(13)14/h3-9H2,1-2H3,(H,13,14). The minimum Gasteiger partial charge on any atom is -0.304 e. The van der Waals surface area contributed by atoms with Crippen molar-refractivity contribution in [1.29, 1.82) is 0 Å². The van der Waals surface area contributed by atoms with Crippen molar-refractivity contribution in [3.05, 3.63) is 0 Å². The maximum absolute atomic E-state index is 10.6. The van der Waals surface area contributed by atoms with Gasteiger partial charge in [0.25, 0.3) is 0 Å². The number of hydrogen-bond acceptors (Lipinski definition) is 3. The van der Waals surface area contributed by atoms with Crippen LogP contribution in [0.2, 0.25) is 0 Å². The van der Waals surface area contributed by atoms with Crippen LogP contribution in [-0.4, -0.2) is 76.2 Å². The van der Waals surface area contributed by atoms with Crippen molar-refractivity contribution in [2.75, 3.05) is 53.4 Å². The number of hydrogen-bond donors (Lipinski definition) is 1. The van der Waals surface area contributed by atoms with Gasteiger partial charge in [0.1, 0.15) is 0 Å². The van der Waals surface area contributed by atoms with Gasteiger partial charge in [0.15, 0.2) is 0 Å². The fourth-order valence-corrected chi connectivity index (χ4v) is 1.95. The quantitative estimate of drug-likeness (QED) is 0.664. The lowest BCUT2D eigenvalue weighted by atomic mass is 10.3. The highest BCUT2D eigenvalue weighted by atomic mass is 32.2. The van der Waals surface area contributed by atoms with E-state index in [1.54, 1.807) is 7.05 Å². The Balaban J connectivity index is 2.07. The molecule has 0 bridgehead atoms. The molecule has 1 atom stereocenters. The normalized spacial score (nSPS) is 22.1. The van der Waals surface area contributed by atoms with Gasteiger partial charge in [-0.05, 0) is 20.0 Å². The van der Waals surface area contributed by atoms with Gasteiger partial charge >= 0.3 is 0 Å². The van der Waals surface area contributed by atoms with Crippen molar-refractivity contribution in [1.82, 2.24) is 14.1 Å². The second-order valence-corrected chi connectivity index (χ2v) is 5.17. The topological polar surface area (TPSA) is 47.0 Å². The second kappa shape index (κ2) is 6.55. The first kappa shape index (κ1) is 13.1. The SMILES string of the molecule is CN1CCN(CCCN(C)S(=O)O)CC1. The Labute approximate surface area is 94.4 Å². The average Bonchev–Trinajstić information content (AvgIpc) is 2.20. The Kier molecular flexibility index (Phi) is 5.70. The van der Waals surface area contributed by atoms with Crippen molar-refractivity contribution in [3.8, 4) is 0 Å². The Morgan fingerprint density at radius 1 is 1.33 bits per heavy atom. The van der Waals surface area contributed by atoms with E-state index in [-0.39, 0.29) is 0 Å². The van der Waals surface area contributed by atoms with E-state index in [1.807, 2.05) is 0 Å². The zero-order chi connectivity index (χ0) is 11.3. The van der Waals surface area contributed by atoms with Gasteiger partial charge in [0.2, 0.25) is 11.3 Å². The highest BCUT2D eigenvalue weighted by Gasteiger charge is 2.13. The predicted octanol–water partition coefficient (Wildman–Crippen LogP) is -0.308. The van der Waals surface area contributed by atoms with Crippen LogP contribution in [0.15, 0.2) is 0 Å². The van der Waals surface area contributed by atoms with Crippen molar-refractivity contribution in [2.45, 2.75) is 6.42 Å².